The first-order chi connectivity index (χ1) is 17.3. The van der Waals surface area contributed by atoms with Gasteiger partial charge in [-0.2, -0.15) is 0 Å². The standard InChI is InChI=1S/C28H41ClO8/c1-5-13-35-28(34,36-14-6-2)37-17-23(32)26(33)12-10-20-21-8-7-18-15-19(30)9-11-24(18,3)27(21,29)22(31)16-25(20,26)4/h9,11,15,20-22,31,33-34H,5-8,10,12-14,16-17H2,1-4H3/t20-,21-,22?,24-,25-,26-,27-/m0/s1. The van der Waals surface area contributed by atoms with Gasteiger partial charge in [0.05, 0.1) is 24.2 Å². The van der Waals surface area contributed by atoms with Crippen LogP contribution in [0.4, 0.5) is 0 Å². The van der Waals surface area contributed by atoms with Crippen molar-refractivity contribution in [3.8, 4) is 0 Å². The normalized spacial score (nSPS) is 41.1. The molecule has 0 aromatic rings. The van der Waals surface area contributed by atoms with Crippen molar-refractivity contribution < 1.29 is 39.1 Å². The molecule has 0 radical (unpaired) electrons. The molecule has 0 saturated heterocycles. The van der Waals surface area contributed by atoms with Crippen LogP contribution in [-0.2, 0) is 23.8 Å². The van der Waals surface area contributed by atoms with E-state index in [0.29, 0.717) is 32.1 Å². The van der Waals surface area contributed by atoms with Crippen LogP contribution in [0.5, 0.6) is 0 Å². The van der Waals surface area contributed by atoms with Gasteiger partial charge in [-0.05, 0) is 68.9 Å². The Labute approximate surface area is 224 Å². The molecule has 4 aliphatic carbocycles. The lowest BCUT2D eigenvalue weighted by Gasteiger charge is -2.63. The van der Waals surface area contributed by atoms with E-state index in [-0.39, 0.29) is 43.7 Å². The van der Waals surface area contributed by atoms with Crippen LogP contribution in [0.1, 0.15) is 72.6 Å². The molecule has 0 spiro atoms. The molecule has 0 aromatic carbocycles. The number of allylic oxidation sites excluding steroid dienone is 4. The van der Waals surface area contributed by atoms with Crippen LogP contribution < -0.4 is 0 Å². The van der Waals surface area contributed by atoms with Crippen LogP contribution in [0, 0.1) is 22.7 Å². The maximum Gasteiger partial charge on any atom is 0.410 e. The molecule has 7 atom stereocenters. The van der Waals surface area contributed by atoms with Crippen LogP contribution >= 0.6 is 11.6 Å². The first-order valence-electron chi connectivity index (χ1n) is 13.5. The molecule has 3 saturated carbocycles. The highest BCUT2D eigenvalue weighted by atomic mass is 35.5. The number of ether oxygens (including phenoxy) is 3. The molecule has 4 aliphatic rings. The van der Waals surface area contributed by atoms with Crippen molar-refractivity contribution in [1.82, 2.24) is 0 Å². The second-order valence-electron chi connectivity index (χ2n) is 11.6. The molecule has 4 rings (SSSR count). The Balaban J connectivity index is 1.58. The van der Waals surface area contributed by atoms with E-state index < -0.39 is 46.0 Å². The van der Waals surface area contributed by atoms with Crippen LogP contribution in [0.2, 0.25) is 0 Å². The van der Waals surface area contributed by atoms with Crippen LogP contribution in [-0.4, -0.2) is 69.4 Å². The maximum atomic E-state index is 13.5. The first-order valence-corrected chi connectivity index (χ1v) is 13.9. The van der Waals surface area contributed by atoms with E-state index in [1.54, 1.807) is 6.08 Å². The van der Waals surface area contributed by atoms with Crippen molar-refractivity contribution in [3.63, 3.8) is 0 Å². The summed E-state index contributed by atoms with van der Waals surface area (Å²) in [6.45, 7) is 7.28. The summed E-state index contributed by atoms with van der Waals surface area (Å²) in [7, 11) is 0. The molecule has 1 unspecified atom stereocenters. The second kappa shape index (κ2) is 10.1. The summed E-state index contributed by atoms with van der Waals surface area (Å²) in [4.78, 5) is 24.5. The first kappa shape index (κ1) is 28.9. The van der Waals surface area contributed by atoms with E-state index in [1.807, 2.05) is 33.8 Å². The third-order valence-corrected chi connectivity index (χ3v) is 10.5. The number of alkyl halides is 1. The molecule has 0 amide bonds. The molecular weight excluding hydrogens is 500 g/mol. The molecule has 0 aliphatic heterocycles. The van der Waals surface area contributed by atoms with Crippen LogP contribution in [0.25, 0.3) is 0 Å². The summed E-state index contributed by atoms with van der Waals surface area (Å²) in [5, 5.41) is 34.1. The minimum absolute atomic E-state index is 0.0760. The van der Waals surface area contributed by atoms with Gasteiger partial charge in [-0.3, -0.25) is 14.3 Å². The fourth-order valence-electron chi connectivity index (χ4n) is 7.54. The van der Waals surface area contributed by atoms with Gasteiger partial charge in [-0.1, -0.05) is 39.3 Å². The molecule has 37 heavy (non-hydrogen) atoms. The Kier molecular flexibility index (Phi) is 7.90. The topological polar surface area (TPSA) is 123 Å². The number of hydrogen-bond donors (Lipinski definition) is 3. The summed E-state index contributed by atoms with van der Waals surface area (Å²) in [5.41, 5.74) is -2.51. The van der Waals surface area contributed by atoms with Gasteiger partial charge in [-0.25, -0.2) is 0 Å². The highest BCUT2D eigenvalue weighted by Crippen LogP contribution is 2.70. The summed E-state index contributed by atoms with van der Waals surface area (Å²) in [5.74, 6) is -0.967. The molecule has 3 N–H and O–H groups in total. The second-order valence-corrected chi connectivity index (χ2v) is 12.2. The van der Waals surface area contributed by atoms with Crippen molar-refractivity contribution in [2.24, 2.45) is 22.7 Å². The average molecular weight is 541 g/mol. The molecule has 9 heteroatoms. The van der Waals surface area contributed by atoms with E-state index in [4.69, 9.17) is 25.8 Å². The number of halogens is 1. The number of aliphatic hydroxyl groups is 3. The number of hydrogen-bond acceptors (Lipinski definition) is 8. The van der Waals surface area contributed by atoms with Crippen molar-refractivity contribution in [1.29, 1.82) is 0 Å². The molecule has 0 heterocycles. The lowest BCUT2D eigenvalue weighted by Crippen LogP contribution is -2.68. The number of ketones is 2. The SMILES string of the molecule is CCCOC(O)(OCCC)OCC(=O)[C@@]1(O)CC[C@H]2[C@@H]3CCC4=CC(=O)C=C[C@]4(C)[C@@]3(Cl)C(O)C[C@@]21C. The lowest BCUT2D eigenvalue weighted by atomic mass is 9.45. The molecule has 3 fully saturated rings. The monoisotopic (exact) mass is 540 g/mol. The summed E-state index contributed by atoms with van der Waals surface area (Å²) >= 11 is 7.40. The predicted octanol–water partition coefficient (Wildman–Crippen LogP) is 3.40. The van der Waals surface area contributed by atoms with E-state index in [1.165, 1.54) is 6.08 Å². The summed E-state index contributed by atoms with van der Waals surface area (Å²) in [6, 6.07) is 0. The highest BCUT2D eigenvalue weighted by molar-refractivity contribution is 6.26. The quantitative estimate of drug-likeness (QED) is 0.285. The van der Waals surface area contributed by atoms with Gasteiger partial charge in [0.15, 0.2) is 11.6 Å². The number of aliphatic hydroxyl groups excluding tert-OH is 1. The molecule has 8 nitrogen and oxygen atoms in total. The van der Waals surface area contributed by atoms with Crippen LogP contribution in [0.15, 0.2) is 23.8 Å². The Morgan fingerprint density at radius 3 is 2.41 bits per heavy atom. The smallest absolute Gasteiger partial charge is 0.391 e. The largest absolute Gasteiger partial charge is 0.410 e. The van der Waals surface area contributed by atoms with Gasteiger partial charge in [0, 0.05) is 10.8 Å². The fourth-order valence-corrected chi connectivity index (χ4v) is 8.06. The third-order valence-electron chi connectivity index (χ3n) is 9.62. The molecular formula is C28H41ClO8. The van der Waals surface area contributed by atoms with Gasteiger partial charge in [0.25, 0.3) is 0 Å². The van der Waals surface area contributed by atoms with Gasteiger partial charge in [0.2, 0.25) is 0 Å². The highest BCUT2D eigenvalue weighted by Gasteiger charge is 2.73. The van der Waals surface area contributed by atoms with Gasteiger partial charge >= 0.3 is 6.16 Å². The Bertz CT molecular complexity index is 971. The Morgan fingerprint density at radius 2 is 1.78 bits per heavy atom. The number of carbonyl (C=O) groups excluding carboxylic acids is 2. The summed E-state index contributed by atoms with van der Waals surface area (Å²) < 4.78 is 16.0. The predicted molar refractivity (Wildman–Crippen MR) is 136 cm³/mol. The number of fused-ring (bicyclic) bond motifs is 5. The van der Waals surface area contributed by atoms with E-state index in [2.05, 4.69) is 0 Å². The van der Waals surface area contributed by atoms with Crippen molar-refractivity contribution in [2.45, 2.75) is 95.4 Å². The lowest BCUT2D eigenvalue weighted by molar-refractivity contribution is -0.483. The molecule has 0 bridgehead atoms. The van der Waals surface area contributed by atoms with Crippen molar-refractivity contribution in [2.75, 3.05) is 19.8 Å². The zero-order valence-corrected chi connectivity index (χ0v) is 23.1. The Morgan fingerprint density at radius 1 is 1.14 bits per heavy atom. The van der Waals surface area contributed by atoms with Crippen LogP contribution in [0.3, 0.4) is 0 Å². The fraction of sp³-hybridized carbons (Fsp3) is 0.786. The third kappa shape index (κ3) is 4.37. The van der Waals surface area contributed by atoms with Gasteiger partial charge < -0.3 is 24.8 Å². The van der Waals surface area contributed by atoms with Crippen molar-refractivity contribution >= 4 is 23.2 Å². The number of Topliss-reactive ketones (excluding diaryl/α,β-unsaturated/α-hetero) is 1. The number of rotatable bonds is 10. The minimum atomic E-state index is -2.38. The summed E-state index contributed by atoms with van der Waals surface area (Å²) in [6.07, 6.45) is 4.99. The zero-order valence-electron chi connectivity index (χ0n) is 22.3. The van der Waals surface area contributed by atoms with Gasteiger partial charge in [-0.15, -0.1) is 11.6 Å². The van der Waals surface area contributed by atoms with Crippen molar-refractivity contribution in [3.05, 3.63) is 23.8 Å². The zero-order chi connectivity index (χ0) is 27.3. The van der Waals surface area contributed by atoms with E-state index in [9.17, 15) is 24.9 Å². The van der Waals surface area contributed by atoms with Gasteiger partial charge in [0.1, 0.15) is 12.2 Å². The Hall–Kier alpha value is -1.13. The minimum Gasteiger partial charge on any atom is -0.391 e. The molecule has 0 aromatic heterocycles. The molecule has 208 valence electrons. The van der Waals surface area contributed by atoms with E-state index in [0.717, 1.165) is 5.57 Å². The number of carbonyl (C=O) groups is 2. The average Bonchev–Trinajstić information content (AvgIpc) is 3.12. The van der Waals surface area contributed by atoms with E-state index >= 15 is 0 Å². The maximum absolute atomic E-state index is 13.5.